The highest BCUT2D eigenvalue weighted by atomic mass is 16.5. The first-order valence-electron chi connectivity index (χ1n) is 6.54. The van der Waals surface area contributed by atoms with E-state index in [9.17, 15) is 4.79 Å². The number of hydrogen-bond acceptors (Lipinski definition) is 4. The lowest BCUT2D eigenvalue weighted by Gasteiger charge is -2.13. The van der Waals surface area contributed by atoms with Crippen LogP contribution in [0.25, 0.3) is 0 Å². The van der Waals surface area contributed by atoms with E-state index in [2.05, 4.69) is 5.32 Å². The van der Waals surface area contributed by atoms with Gasteiger partial charge in [-0.1, -0.05) is 12.8 Å². The second kappa shape index (κ2) is 6.43. The number of ether oxygens (including phenoxy) is 2. The number of benzene rings is 1. The minimum atomic E-state index is -0.184. The number of amides is 1. The fraction of sp³-hybridized carbons (Fsp3) is 0.500. The van der Waals surface area contributed by atoms with E-state index >= 15 is 0 Å². The predicted molar refractivity (Wildman–Crippen MR) is 74.2 cm³/mol. The Kier molecular flexibility index (Phi) is 4.63. The average molecular weight is 264 g/mol. The van der Waals surface area contributed by atoms with Crippen LogP contribution in [-0.2, 0) is 9.53 Å². The number of carbonyl (C=O) groups is 1. The topological polar surface area (TPSA) is 73.6 Å². The Balaban J connectivity index is 1.88. The van der Waals surface area contributed by atoms with Gasteiger partial charge in [-0.2, -0.15) is 0 Å². The highest BCUT2D eigenvalue weighted by Gasteiger charge is 2.17. The molecular formula is C14H20N2O3. The molecule has 0 aliphatic heterocycles. The molecule has 1 aromatic rings. The maximum Gasteiger partial charge on any atom is 0.250 e. The molecule has 0 unspecified atom stereocenters. The number of hydrogen-bond donors (Lipinski definition) is 2. The number of nitrogens with two attached hydrogens (primary N) is 1. The van der Waals surface area contributed by atoms with Gasteiger partial charge in [0.25, 0.3) is 0 Å². The second-order valence-electron chi connectivity index (χ2n) is 4.73. The molecule has 0 spiro atoms. The molecule has 1 aromatic carbocycles. The van der Waals surface area contributed by atoms with Gasteiger partial charge in [0, 0.05) is 5.69 Å². The van der Waals surface area contributed by atoms with Crippen LogP contribution in [0, 0.1) is 0 Å². The second-order valence-corrected chi connectivity index (χ2v) is 4.73. The number of methoxy groups -OCH3 is 1. The first-order chi connectivity index (χ1) is 9.19. The summed E-state index contributed by atoms with van der Waals surface area (Å²) in [7, 11) is 1.55. The summed E-state index contributed by atoms with van der Waals surface area (Å²) in [5.74, 6) is 0.402. The van der Waals surface area contributed by atoms with Gasteiger partial charge >= 0.3 is 0 Å². The lowest BCUT2D eigenvalue weighted by Crippen LogP contribution is -2.22. The highest BCUT2D eigenvalue weighted by Crippen LogP contribution is 2.26. The molecule has 0 saturated heterocycles. The summed E-state index contributed by atoms with van der Waals surface area (Å²) in [5.41, 5.74) is 6.84. The maximum atomic E-state index is 11.8. The Labute approximate surface area is 113 Å². The van der Waals surface area contributed by atoms with E-state index in [4.69, 9.17) is 15.2 Å². The molecule has 1 aliphatic rings. The van der Waals surface area contributed by atoms with Crippen molar-refractivity contribution < 1.29 is 14.3 Å². The molecule has 1 fully saturated rings. The van der Waals surface area contributed by atoms with Crippen LogP contribution in [0.15, 0.2) is 18.2 Å². The monoisotopic (exact) mass is 264 g/mol. The number of anilines is 2. The molecule has 1 amide bonds. The van der Waals surface area contributed by atoms with Crippen molar-refractivity contribution in [3.8, 4) is 5.75 Å². The van der Waals surface area contributed by atoms with Crippen molar-refractivity contribution in [2.45, 2.75) is 31.8 Å². The quantitative estimate of drug-likeness (QED) is 0.799. The van der Waals surface area contributed by atoms with E-state index in [0.29, 0.717) is 17.1 Å². The summed E-state index contributed by atoms with van der Waals surface area (Å²) in [4.78, 5) is 11.8. The Morgan fingerprint density at radius 3 is 2.84 bits per heavy atom. The summed E-state index contributed by atoms with van der Waals surface area (Å²) in [6.07, 6.45) is 4.71. The molecule has 5 nitrogen and oxygen atoms in total. The Bertz CT molecular complexity index is 442. The third kappa shape index (κ3) is 3.86. The molecule has 3 N–H and O–H groups in total. The largest absolute Gasteiger partial charge is 0.495 e. The normalized spacial score (nSPS) is 15.4. The fourth-order valence-electron chi connectivity index (χ4n) is 2.26. The van der Waals surface area contributed by atoms with Crippen molar-refractivity contribution in [2.75, 3.05) is 24.8 Å². The number of nitrogens with one attached hydrogen (secondary N) is 1. The molecule has 0 bridgehead atoms. The molecule has 0 heterocycles. The van der Waals surface area contributed by atoms with E-state index in [-0.39, 0.29) is 18.6 Å². The Morgan fingerprint density at radius 2 is 2.16 bits per heavy atom. The van der Waals surface area contributed by atoms with Crippen LogP contribution in [0.3, 0.4) is 0 Å². The minimum Gasteiger partial charge on any atom is -0.495 e. The first-order valence-corrected chi connectivity index (χ1v) is 6.54. The SMILES string of the molecule is COc1ccc(N)cc1NC(=O)COC1CCCC1. The molecule has 0 aromatic heterocycles. The third-order valence-electron chi connectivity index (χ3n) is 3.25. The van der Waals surface area contributed by atoms with E-state index in [1.54, 1.807) is 25.3 Å². The minimum absolute atomic E-state index is 0.0720. The molecule has 1 saturated carbocycles. The van der Waals surface area contributed by atoms with Gasteiger partial charge in [-0.25, -0.2) is 0 Å². The molecule has 0 radical (unpaired) electrons. The molecular weight excluding hydrogens is 244 g/mol. The van der Waals surface area contributed by atoms with Gasteiger partial charge in [-0.15, -0.1) is 0 Å². The van der Waals surface area contributed by atoms with Gasteiger partial charge in [0.2, 0.25) is 5.91 Å². The summed E-state index contributed by atoms with van der Waals surface area (Å²) in [5, 5.41) is 2.76. The maximum absolute atomic E-state index is 11.8. The standard InChI is InChI=1S/C14H20N2O3/c1-18-13-7-6-10(15)8-12(13)16-14(17)9-19-11-4-2-3-5-11/h6-8,11H,2-5,9,15H2,1H3,(H,16,17). The zero-order valence-corrected chi connectivity index (χ0v) is 11.1. The van der Waals surface area contributed by atoms with E-state index in [0.717, 1.165) is 12.8 Å². The fourth-order valence-corrected chi connectivity index (χ4v) is 2.26. The highest BCUT2D eigenvalue weighted by molar-refractivity contribution is 5.93. The zero-order valence-electron chi connectivity index (χ0n) is 11.1. The molecule has 19 heavy (non-hydrogen) atoms. The van der Waals surface area contributed by atoms with Crippen LogP contribution < -0.4 is 15.8 Å². The van der Waals surface area contributed by atoms with Crippen LogP contribution in [0.2, 0.25) is 0 Å². The Hall–Kier alpha value is -1.75. The van der Waals surface area contributed by atoms with Gasteiger partial charge in [0.1, 0.15) is 12.4 Å². The van der Waals surface area contributed by atoms with Crippen molar-refractivity contribution >= 4 is 17.3 Å². The number of nitrogen functional groups attached to an aromatic ring is 1. The lowest BCUT2D eigenvalue weighted by atomic mass is 10.2. The van der Waals surface area contributed by atoms with Gasteiger partial charge in [-0.3, -0.25) is 4.79 Å². The number of carbonyl (C=O) groups excluding carboxylic acids is 1. The van der Waals surface area contributed by atoms with Crippen LogP contribution in [0.1, 0.15) is 25.7 Å². The van der Waals surface area contributed by atoms with E-state index < -0.39 is 0 Å². The molecule has 104 valence electrons. The summed E-state index contributed by atoms with van der Waals surface area (Å²) in [6.45, 7) is 0.0720. The third-order valence-corrected chi connectivity index (χ3v) is 3.25. The summed E-state index contributed by atoms with van der Waals surface area (Å²) in [6, 6.07) is 5.12. The summed E-state index contributed by atoms with van der Waals surface area (Å²) >= 11 is 0. The molecule has 0 atom stereocenters. The lowest BCUT2D eigenvalue weighted by molar-refractivity contribution is -0.122. The van der Waals surface area contributed by atoms with Gasteiger partial charge < -0.3 is 20.5 Å². The summed E-state index contributed by atoms with van der Waals surface area (Å²) < 4.78 is 10.7. The first kappa shape index (κ1) is 13.7. The van der Waals surface area contributed by atoms with E-state index in [1.165, 1.54) is 12.8 Å². The van der Waals surface area contributed by atoms with E-state index in [1.807, 2.05) is 0 Å². The van der Waals surface area contributed by atoms with Crippen LogP contribution in [0.4, 0.5) is 11.4 Å². The van der Waals surface area contributed by atoms with Crippen molar-refractivity contribution in [1.29, 1.82) is 0 Å². The zero-order chi connectivity index (χ0) is 13.7. The van der Waals surface area contributed by atoms with Crippen molar-refractivity contribution in [2.24, 2.45) is 0 Å². The van der Waals surface area contributed by atoms with Crippen molar-refractivity contribution in [1.82, 2.24) is 0 Å². The van der Waals surface area contributed by atoms with Gasteiger partial charge in [-0.05, 0) is 31.0 Å². The molecule has 1 aliphatic carbocycles. The average Bonchev–Trinajstić information content (AvgIpc) is 2.90. The van der Waals surface area contributed by atoms with Crippen molar-refractivity contribution in [3.63, 3.8) is 0 Å². The molecule has 2 rings (SSSR count). The predicted octanol–water partition coefficient (Wildman–Crippen LogP) is 2.18. The van der Waals surface area contributed by atoms with Gasteiger partial charge in [0.05, 0.1) is 18.9 Å². The molecule has 5 heteroatoms. The van der Waals surface area contributed by atoms with Crippen molar-refractivity contribution in [3.05, 3.63) is 18.2 Å². The Morgan fingerprint density at radius 1 is 1.42 bits per heavy atom. The van der Waals surface area contributed by atoms with Crippen LogP contribution in [0.5, 0.6) is 5.75 Å². The van der Waals surface area contributed by atoms with Crippen LogP contribution >= 0.6 is 0 Å². The number of rotatable bonds is 5. The van der Waals surface area contributed by atoms with Crippen LogP contribution in [-0.4, -0.2) is 25.7 Å². The smallest absolute Gasteiger partial charge is 0.250 e. The van der Waals surface area contributed by atoms with Gasteiger partial charge in [0.15, 0.2) is 0 Å².